The number of carbonyl (C=O) groups excluding carboxylic acids is 1. The monoisotopic (exact) mass is 349 g/mol. The standard InChI is InChI=1S/C22H23NO3/c1-2-17(18-8-6-7-9-18)14-16-12-13-21(23(25)26)20(15-16)22(24)19-10-4-3-5-11-19/h3-5,10-15,18H,2,6-9H2,1H3/b17-14+. The number of carbonyl (C=O) groups is 1. The van der Waals surface area contributed by atoms with Gasteiger partial charge >= 0.3 is 0 Å². The van der Waals surface area contributed by atoms with Crippen molar-refractivity contribution < 1.29 is 9.72 Å². The van der Waals surface area contributed by atoms with Crippen LogP contribution in [0.3, 0.4) is 0 Å². The molecule has 1 saturated carbocycles. The molecule has 0 N–H and O–H groups in total. The Labute approximate surface area is 153 Å². The van der Waals surface area contributed by atoms with Crippen molar-refractivity contribution in [2.24, 2.45) is 5.92 Å². The second-order valence-corrected chi connectivity index (χ2v) is 6.78. The van der Waals surface area contributed by atoms with Gasteiger partial charge in [-0.25, -0.2) is 0 Å². The van der Waals surface area contributed by atoms with E-state index in [2.05, 4.69) is 13.0 Å². The fraction of sp³-hybridized carbons (Fsp3) is 0.318. The van der Waals surface area contributed by atoms with Gasteiger partial charge in [-0.1, -0.05) is 61.7 Å². The summed E-state index contributed by atoms with van der Waals surface area (Å²) in [5, 5.41) is 11.4. The van der Waals surface area contributed by atoms with Gasteiger partial charge in [0, 0.05) is 11.6 Å². The molecule has 0 aromatic heterocycles. The van der Waals surface area contributed by atoms with Gasteiger partial charge in [-0.3, -0.25) is 14.9 Å². The van der Waals surface area contributed by atoms with Gasteiger partial charge in [0.15, 0.2) is 5.78 Å². The number of rotatable bonds is 6. The first-order valence-corrected chi connectivity index (χ1v) is 9.18. The molecule has 0 unspecified atom stereocenters. The van der Waals surface area contributed by atoms with Gasteiger partial charge in [0.2, 0.25) is 0 Å². The van der Waals surface area contributed by atoms with Crippen LogP contribution in [0, 0.1) is 16.0 Å². The van der Waals surface area contributed by atoms with E-state index in [-0.39, 0.29) is 17.0 Å². The van der Waals surface area contributed by atoms with Crippen molar-refractivity contribution in [3.05, 3.63) is 80.9 Å². The summed E-state index contributed by atoms with van der Waals surface area (Å²) in [5.41, 5.74) is 2.70. The summed E-state index contributed by atoms with van der Waals surface area (Å²) in [6.45, 7) is 2.14. The second kappa shape index (κ2) is 8.09. The number of allylic oxidation sites excluding steroid dienone is 1. The Hall–Kier alpha value is -2.75. The normalized spacial score (nSPS) is 15.2. The fourth-order valence-electron chi connectivity index (χ4n) is 3.75. The van der Waals surface area contributed by atoms with Gasteiger partial charge in [0.25, 0.3) is 5.69 Å². The fourth-order valence-corrected chi connectivity index (χ4v) is 3.75. The van der Waals surface area contributed by atoms with Gasteiger partial charge in [-0.15, -0.1) is 0 Å². The molecule has 4 nitrogen and oxygen atoms in total. The van der Waals surface area contributed by atoms with Crippen LogP contribution in [-0.2, 0) is 0 Å². The number of ketones is 1. The highest BCUT2D eigenvalue weighted by Gasteiger charge is 2.22. The third-order valence-corrected chi connectivity index (χ3v) is 5.14. The van der Waals surface area contributed by atoms with Crippen LogP contribution in [0.2, 0.25) is 0 Å². The summed E-state index contributed by atoms with van der Waals surface area (Å²) in [6.07, 6.45) is 8.02. The lowest BCUT2D eigenvalue weighted by molar-refractivity contribution is -0.385. The van der Waals surface area contributed by atoms with E-state index < -0.39 is 4.92 Å². The molecule has 134 valence electrons. The van der Waals surface area contributed by atoms with Crippen LogP contribution in [0.15, 0.2) is 54.1 Å². The first-order chi connectivity index (χ1) is 12.6. The molecule has 26 heavy (non-hydrogen) atoms. The average molecular weight is 349 g/mol. The van der Waals surface area contributed by atoms with Crippen LogP contribution in [-0.4, -0.2) is 10.7 Å². The van der Waals surface area contributed by atoms with Crippen LogP contribution in [0.1, 0.15) is 60.5 Å². The van der Waals surface area contributed by atoms with Crippen molar-refractivity contribution in [3.63, 3.8) is 0 Å². The topological polar surface area (TPSA) is 60.2 Å². The summed E-state index contributed by atoms with van der Waals surface area (Å²) >= 11 is 0. The predicted molar refractivity (Wildman–Crippen MR) is 103 cm³/mol. The summed E-state index contributed by atoms with van der Waals surface area (Å²) in [6, 6.07) is 13.6. The van der Waals surface area contributed by atoms with Crippen LogP contribution in [0.4, 0.5) is 5.69 Å². The van der Waals surface area contributed by atoms with Gasteiger partial charge in [-0.2, -0.15) is 0 Å². The maximum Gasteiger partial charge on any atom is 0.280 e. The number of benzene rings is 2. The number of nitro groups is 1. The summed E-state index contributed by atoms with van der Waals surface area (Å²) < 4.78 is 0. The van der Waals surface area contributed by atoms with Gasteiger partial charge in [-0.05, 0) is 42.9 Å². The average Bonchev–Trinajstić information content (AvgIpc) is 3.20. The van der Waals surface area contributed by atoms with Crippen molar-refractivity contribution in [1.29, 1.82) is 0 Å². The van der Waals surface area contributed by atoms with Crippen LogP contribution >= 0.6 is 0 Å². The molecule has 1 fully saturated rings. The summed E-state index contributed by atoms with van der Waals surface area (Å²) in [4.78, 5) is 23.7. The van der Waals surface area contributed by atoms with Crippen LogP contribution < -0.4 is 0 Å². The predicted octanol–water partition coefficient (Wildman–Crippen LogP) is 5.81. The molecule has 0 bridgehead atoms. The molecule has 4 heteroatoms. The maximum absolute atomic E-state index is 12.8. The largest absolute Gasteiger partial charge is 0.288 e. The minimum Gasteiger partial charge on any atom is -0.288 e. The van der Waals surface area contributed by atoms with E-state index in [0.29, 0.717) is 11.5 Å². The number of nitrogens with zero attached hydrogens (tertiary/aromatic N) is 1. The zero-order chi connectivity index (χ0) is 18.5. The summed E-state index contributed by atoms with van der Waals surface area (Å²) in [7, 11) is 0. The number of hydrogen-bond donors (Lipinski definition) is 0. The van der Waals surface area contributed by atoms with Crippen molar-refractivity contribution >= 4 is 17.5 Å². The van der Waals surface area contributed by atoms with Gasteiger partial charge in [0.1, 0.15) is 5.56 Å². The van der Waals surface area contributed by atoms with Crippen molar-refractivity contribution in [2.75, 3.05) is 0 Å². The molecular formula is C22H23NO3. The zero-order valence-electron chi connectivity index (χ0n) is 15.0. The van der Waals surface area contributed by atoms with E-state index in [9.17, 15) is 14.9 Å². The molecule has 0 atom stereocenters. The first kappa shape index (κ1) is 18.1. The molecule has 0 spiro atoms. The molecule has 1 aliphatic carbocycles. The molecule has 0 aliphatic heterocycles. The molecule has 2 aromatic rings. The molecule has 0 heterocycles. The van der Waals surface area contributed by atoms with E-state index in [0.717, 1.165) is 12.0 Å². The Morgan fingerprint density at radius 3 is 2.46 bits per heavy atom. The SMILES string of the molecule is CC/C(=C\c1ccc([N+](=O)[O-])c(C(=O)c2ccccc2)c1)C1CCCC1. The molecule has 1 aliphatic rings. The van der Waals surface area contributed by atoms with Crippen molar-refractivity contribution in [3.8, 4) is 0 Å². The van der Waals surface area contributed by atoms with E-state index in [1.165, 1.54) is 37.3 Å². The Kier molecular flexibility index (Phi) is 5.61. The third kappa shape index (κ3) is 3.90. The van der Waals surface area contributed by atoms with E-state index in [4.69, 9.17) is 0 Å². The summed E-state index contributed by atoms with van der Waals surface area (Å²) in [5.74, 6) is 0.287. The van der Waals surface area contributed by atoms with Crippen LogP contribution in [0.5, 0.6) is 0 Å². The maximum atomic E-state index is 12.8. The molecule has 0 amide bonds. The van der Waals surface area contributed by atoms with E-state index in [1.54, 1.807) is 36.4 Å². The lowest BCUT2D eigenvalue weighted by Crippen LogP contribution is -2.06. The minimum absolute atomic E-state index is 0.144. The quantitative estimate of drug-likeness (QED) is 0.375. The lowest BCUT2D eigenvalue weighted by Gasteiger charge is -2.13. The Balaban J connectivity index is 2.01. The smallest absolute Gasteiger partial charge is 0.280 e. The number of nitro benzene ring substituents is 1. The highest BCUT2D eigenvalue weighted by atomic mass is 16.6. The van der Waals surface area contributed by atoms with E-state index in [1.807, 2.05) is 6.07 Å². The lowest BCUT2D eigenvalue weighted by atomic mass is 9.92. The highest BCUT2D eigenvalue weighted by molar-refractivity contribution is 6.11. The second-order valence-electron chi connectivity index (χ2n) is 6.78. The molecule has 3 rings (SSSR count). The van der Waals surface area contributed by atoms with E-state index >= 15 is 0 Å². The Bertz CT molecular complexity index is 834. The third-order valence-electron chi connectivity index (χ3n) is 5.14. The molecular weight excluding hydrogens is 326 g/mol. The molecule has 0 saturated heterocycles. The van der Waals surface area contributed by atoms with Crippen LogP contribution in [0.25, 0.3) is 6.08 Å². The van der Waals surface area contributed by atoms with Gasteiger partial charge in [0.05, 0.1) is 4.92 Å². The van der Waals surface area contributed by atoms with Gasteiger partial charge < -0.3 is 0 Å². The minimum atomic E-state index is -0.485. The zero-order valence-corrected chi connectivity index (χ0v) is 15.0. The Morgan fingerprint density at radius 2 is 1.85 bits per heavy atom. The van der Waals surface area contributed by atoms with Crippen molar-refractivity contribution in [1.82, 2.24) is 0 Å². The molecule has 2 aromatic carbocycles. The first-order valence-electron chi connectivity index (χ1n) is 9.18. The Morgan fingerprint density at radius 1 is 1.15 bits per heavy atom. The highest BCUT2D eigenvalue weighted by Crippen LogP contribution is 2.34. The number of hydrogen-bond acceptors (Lipinski definition) is 3. The van der Waals surface area contributed by atoms with Crippen molar-refractivity contribution in [2.45, 2.75) is 39.0 Å². The molecule has 0 radical (unpaired) electrons.